The summed E-state index contributed by atoms with van der Waals surface area (Å²) in [4.78, 5) is 30.9. The van der Waals surface area contributed by atoms with E-state index in [2.05, 4.69) is 58.7 Å². The third-order valence-corrected chi connectivity index (χ3v) is 7.60. The molecule has 0 unspecified atom stereocenters. The number of halogens is 1. The Balaban J connectivity index is 1.28. The highest BCUT2D eigenvalue weighted by Gasteiger charge is 2.30. The molecule has 4 aromatic carbocycles. The normalized spacial score (nSPS) is 14.7. The lowest BCUT2D eigenvalue weighted by Gasteiger charge is -2.40. The maximum absolute atomic E-state index is 13.5. The Bertz CT molecular complexity index is 1330. The van der Waals surface area contributed by atoms with Crippen LogP contribution < -0.4 is 5.32 Å². The first-order chi connectivity index (χ1) is 19.1. The zero-order chi connectivity index (χ0) is 27.0. The van der Waals surface area contributed by atoms with Gasteiger partial charge in [-0.15, -0.1) is 0 Å². The van der Waals surface area contributed by atoms with Gasteiger partial charge < -0.3 is 10.2 Å². The van der Waals surface area contributed by atoms with Crippen LogP contribution in [0.15, 0.2) is 115 Å². The number of rotatable bonds is 8. The van der Waals surface area contributed by atoms with E-state index in [9.17, 15) is 9.59 Å². The largest absolute Gasteiger partial charge is 0.345 e. The summed E-state index contributed by atoms with van der Waals surface area (Å²) in [7, 11) is 0. The first-order valence-corrected chi connectivity index (χ1v) is 13.7. The Hall–Kier alpha value is -3.93. The van der Waals surface area contributed by atoms with Crippen molar-refractivity contribution in [2.75, 3.05) is 26.2 Å². The number of hydrogen-bond donors (Lipinski definition) is 1. The lowest BCUT2D eigenvalue weighted by Crippen LogP contribution is -2.50. The lowest BCUT2D eigenvalue weighted by molar-refractivity contribution is -0.133. The van der Waals surface area contributed by atoms with E-state index in [0.717, 1.165) is 18.7 Å². The average Bonchev–Trinajstić information content (AvgIpc) is 2.99. The van der Waals surface area contributed by atoms with Crippen molar-refractivity contribution in [2.24, 2.45) is 0 Å². The summed E-state index contributed by atoms with van der Waals surface area (Å²) in [5.41, 5.74) is 3.77. The first-order valence-electron chi connectivity index (χ1n) is 13.3. The third kappa shape index (κ3) is 6.56. The van der Waals surface area contributed by atoms with Crippen LogP contribution in [0.2, 0.25) is 5.02 Å². The summed E-state index contributed by atoms with van der Waals surface area (Å²) in [6.45, 7) is 2.80. The van der Waals surface area contributed by atoms with E-state index in [1.807, 2.05) is 47.4 Å². The van der Waals surface area contributed by atoms with E-state index in [0.29, 0.717) is 23.7 Å². The predicted molar refractivity (Wildman–Crippen MR) is 156 cm³/mol. The summed E-state index contributed by atoms with van der Waals surface area (Å²) in [5, 5.41) is 3.43. The van der Waals surface area contributed by atoms with Crippen molar-refractivity contribution in [3.05, 3.63) is 143 Å². The highest BCUT2D eigenvalue weighted by molar-refractivity contribution is 6.33. The second-order valence-electron chi connectivity index (χ2n) is 9.76. The van der Waals surface area contributed by atoms with Crippen LogP contribution in [0.25, 0.3) is 0 Å². The molecule has 4 aromatic rings. The molecule has 0 saturated carbocycles. The van der Waals surface area contributed by atoms with Gasteiger partial charge in [0.1, 0.15) is 0 Å². The molecule has 0 bridgehead atoms. The molecule has 1 N–H and O–H groups in total. The molecule has 1 heterocycles. The minimum Gasteiger partial charge on any atom is -0.345 e. The van der Waals surface area contributed by atoms with E-state index in [4.69, 9.17) is 11.6 Å². The lowest BCUT2D eigenvalue weighted by atomic mass is 9.96. The van der Waals surface area contributed by atoms with E-state index in [1.54, 1.807) is 24.3 Å². The van der Waals surface area contributed by atoms with Crippen LogP contribution in [0.4, 0.5) is 0 Å². The second-order valence-corrected chi connectivity index (χ2v) is 10.2. The summed E-state index contributed by atoms with van der Waals surface area (Å²) >= 11 is 6.26. The number of amides is 2. The monoisotopic (exact) mass is 537 g/mol. The molecular formula is C33H32ClN3O2. The number of benzene rings is 4. The molecule has 1 aliphatic heterocycles. The second kappa shape index (κ2) is 12.7. The molecule has 1 fully saturated rings. The zero-order valence-electron chi connectivity index (χ0n) is 21.7. The maximum atomic E-state index is 13.5. The van der Waals surface area contributed by atoms with E-state index >= 15 is 0 Å². The Morgan fingerprint density at radius 3 is 1.69 bits per heavy atom. The van der Waals surface area contributed by atoms with Gasteiger partial charge in [0.2, 0.25) is 5.91 Å². The molecule has 1 saturated heterocycles. The molecule has 0 aliphatic carbocycles. The van der Waals surface area contributed by atoms with E-state index in [-0.39, 0.29) is 24.3 Å². The van der Waals surface area contributed by atoms with Crippen LogP contribution in [0.1, 0.15) is 45.6 Å². The highest BCUT2D eigenvalue weighted by Crippen LogP contribution is 2.30. The molecule has 1 atom stereocenters. The van der Waals surface area contributed by atoms with Gasteiger partial charge >= 0.3 is 0 Å². The Labute approximate surface area is 235 Å². The standard InChI is InChI=1S/C33H32ClN3O2/c34-29-19-11-10-18-28(29)33(39)35-30(25-12-4-1-5-13-25)24-31(38)36-20-22-37(23-21-36)32(26-14-6-2-7-15-26)27-16-8-3-9-17-27/h1-19,30,32H,20-24H2,(H,35,39)/t30-/m0/s1. The fourth-order valence-corrected chi connectivity index (χ4v) is 5.46. The Kier molecular flexibility index (Phi) is 8.71. The van der Waals surface area contributed by atoms with Crippen LogP contribution in [0.5, 0.6) is 0 Å². The number of nitrogens with zero attached hydrogens (tertiary/aromatic N) is 2. The van der Waals surface area contributed by atoms with Crippen LogP contribution >= 0.6 is 11.6 Å². The minimum absolute atomic E-state index is 0.0268. The summed E-state index contributed by atoms with van der Waals surface area (Å²) < 4.78 is 0. The van der Waals surface area contributed by atoms with Crippen molar-refractivity contribution < 1.29 is 9.59 Å². The van der Waals surface area contributed by atoms with Crippen molar-refractivity contribution in [3.8, 4) is 0 Å². The van der Waals surface area contributed by atoms with Gasteiger partial charge in [0.05, 0.1) is 29.1 Å². The summed E-state index contributed by atoms with van der Waals surface area (Å²) in [6.07, 6.45) is 0.182. The summed E-state index contributed by atoms with van der Waals surface area (Å²) in [6, 6.07) is 37.3. The molecule has 5 rings (SSSR count). The predicted octanol–water partition coefficient (Wildman–Crippen LogP) is 6.14. The molecule has 198 valence electrons. The molecule has 6 heteroatoms. The molecule has 2 amide bonds. The van der Waals surface area contributed by atoms with Gasteiger partial charge in [0.15, 0.2) is 0 Å². The van der Waals surface area contributed by atoms with Crippen LogP contribution in [0, 0.1) is 0 Å². The summed E-state index contributed by atoms with van der Waals surface area (Å²) in [5.74, 6) is -0.264. The van der Waals surface area contributed by atoms with Crippen LogP contribution in [0.3, 0.4) is 0 Å². The fraction of sp³-hybridized carbons (Fsp3) is 0.212. The van der Waals surface area contributed by atoms with Gasteiger partial charge in [-0.05, 0) is 28.8 Å². The number of carbonyl (C=O) groups excluding carboxylic acids is 2. The number of carbonyl (C=O) groups is 2. The Morgan fingerprint density at radius 2 is 1.15 bits per heavy atom. The van der Waals surface area contributed by atoms with Gasteiger partial charge in [0, 0.05) is 26.2 Å². The van der Waals surface area contributed by atoms with Crippen molar-refractivity contribution >= 4 is 23.4 Å². The third-order valence-electron chi connectivity index (χ3n) is 7.27. The van der Waals surface area contributed by atoms with Crippen molar-refractivity contribution in [1.29, 1.82) is 0 Å². The SMILES string of the molecule is O=C(N[C@@H](CC(=O)N1CCN(C(c2ccccc2)c2ccccc2)CC1)c1ccccc1)c1ccccc1Cl. The zero-order valence-corrected chi connectivity index (χ0v) is 22.5. The highest BCUT2D eigenvalue weighted by atomic mass is 35.5. The van der Waals surface area contributed by atoms with E-state index in [1.165, 1.54) is 11.1 Å². The molecule has 5 nitrogen and oxygen atoms in total. The van der Waals surface area contributed by atoms with Gasteiger partial charge in [-0.3, -0.25) is 14.5 Å². The Morgan fingerprint density at radius 1 is 0.667 bits per heavy atom. The molecule has 0 aromatic heterocycles. The minimum atomic E-state index is -0.457. The molecule has 0 spiro atoms. The van der Waals surface area contributed by atoms with Crippen molar-refractivity contribution in [1.82, 2.24) is 15.1 Å². The van der Waals surface area contributed by atoms with Gasteiger partial charge in [-0.25, -0.2) is 0 Å². The van der Waals surface area contributed by atoms with E-state index < -0.39 is 6.04 Å². The number of hydrogen-bond acceptors (Lipinski definition) is 3. The van der Waals surface area contributed by atoms with Gasteiger partial charge in [-0.2, -0.15) is 0 Å². The van der Waals surface area contributed by atoms with Crippen molar-refractivity contribution in [2.45, 2.75) is 18.5 Å². The number of nitrogens with one attached hydrogen (secondary N) is 1. The quantitative estimate of drug-likeness (QED) is 0.294. The number of piperazine rings is 1. The van der Waals surface area contributed by atoms with Crippen LogP contribution in [-0.4, -0.2) is 47.8 Å². The van der Waals surface area contributed by atoms with Crippen molar-refractivity contribution in [3.63, 3.8) is 0 Å². The maximum Gasteiger partial charge on any atom is 0.253 e. The first kappa shape index (κ1) is 26.7. The topological polar surface area (TPSA) is 52.7 Å². The molecule has 39 heavy (non-hydrogen) atoms. The fourth-order valence-electron chi connectivity index (χ4n) is 5.24. The smallest absolute Gasteiger partial charge is 0.253 e. The van der Waals surface area contributed by atoms with Crippen LogP contribution in [-0.2, 0) is 4.79 Å². The average molecular weight is 538 g/mol. The van der Waals surface area contributed by atoms with Gasteiger partial charge in [0.25, 0.3) is 5.91 Å². The molecule has 1 aliphatic rings. The molecule has 0 radical (unpaired) electrons. The van der Waals surface area contributed by atoms with Gasteiger partial charge in [-0.1, -0.05) is 115 Å². The molecular weight excluding hydrogens is 506 g/mol.